The van der Waals surface area contributed by atoms with Crippen molar-refractivity contribution < 1.29 is 4.79 Å². The average Bonchev–Trinajstić information content (AvgIpc) is 2.48. The third-order valence-electron chi connectivity index (χ3n) is 4.34. The van der Waals surface area contributed by atoms with E-state index in [1.165, 1.54) is 12.8 Å². The summed E-state index contributed by atoms with van der Waals surface area (Å²) in [5.41, 5.74) is 0.593. The van der Waals surface area contributed by atoms with Crippen LogP contribution in [0.3, 0.4) is 0 Å². The van der Waals surface area contributed by atoms with Gasteiger partial charge in [-0.15, -0.1) is 0 Å². The fourth-order valence-corrected chi connectivity index (χ4v) is 3.43. The van der Waals surface area contributed by atoms with E-state index in [0.717, 1.165) is 12.8 Å². The molecule has 3 nitrogen and oxygen atoms in total. The summed E-state index contributed by atoms with van der Waals surface area (Å²) in [7, 11) is 6.05. The first-order valence-corrected chi connectivity index (χ1v) is 8.06. The van der Waals surface area contributed by atoms with Crippen LogP contribution >= 0.6 is 23.2 Å². The average molecular weight is 329 g/mol. The van der Waals surface area contributed by atoms with Gasteiger partial charge in [-0.25, -0.2) is 0 Å². The summed E-state index contributed by atoms with van der Waals surface area (Å²) in [6.45, 7) is 0. The molecular formula is C16H22Cl2N2O. The van der Waals surface area contributed by atoms with Gasteiger partial charge in [0.2, 0.25) is 0 Å². The van der Waals surface area contributed by atoms with E-state index in [1.54, 1.807) is 18.2 Å². The van der Waals surface area contributed by atoms with Crippen LogP contribution in [-0.4, -0.2) is 48.9 Å². The zero-order chi connectivity index (χ0) is 15.6. The van der Waals surface area contributed by atoms with Gasteiger partial charge in [-0.1, -0.05) is 36.0 Å². The van der Waals surface area contributed by atoms with E-state index in [4.69, 9.17) is 23.2 Å². The van der Waals surface area contributed by atoms with Crippen LogP contribution in [0.1, 0.15) is 36.0 Å². The summed E-state index contributed by atoms with van der Waals surface area (Å²) >= 11 is 11.9. The first-order valence-electron chi connectivity index (χ1n) is 7.30. The molecule has 1 unspecified atom stereocenters. The Morgan fingerprint density at radius 2 is 1.67 bits per heavy atom. The minimum Gasteiger partial charge on any atom is -0.337 e. The first kappa shape index (κ1) is 16.6. The van der Waals surface area contributed by atoms with Gasteiger partial charge < -0.3 is 9.80 Å². The number of hydrogen-bond donors (Lipinski definition) is 0. The van der Waals surface area contributed by atoms with Crippen molar-refractivity contribution in [2.24, 2.45) is 0 Å². The molecule has 21 heavy (non-hydrogen) atoms. The quantitative estimate of drug-likeness (QED) is 0.839. The minimum atomic E-state index is 0.00677. The van der Waals surface area contributed by atoms with Crippen molar-refractivity contribution in [1.29, 1.82) is 0 Å². The monoisotopic (exact) mass is 328 g/mol. The standard InChI is InChI=1S/C16H22Cl2N2O/c1-19(2)14-6-4-5-7-15(14)20(3)16(21)11-8-9-12(17)13(18)10-11/h8-10,14-15H,4-7H2,1-3H3/t14-,15?/m1/s1. The minimum absolute atomic E-state index is 0.00677. The maximum absolute atomic E-state index is 12.7. The van der Waals surface area contributed by atoms with Crippen molar-refractivity contribution in [3.8, 4) is 0 Å². The van der Waals surface area contributed by atoms with E-state index in [-0.39, 0.29) is 11.9 Å². The number of amides is 1. The Labute approximate surface area is 136 Å². The predicted octanol–water partition coefficient (Wildman–Crippen LogP) is 3.94. The second-order valence-corrected chi connectivity index (χ2v) is 6.74. The van der Waals surface area contributed by atoms with Gasteiger partial charge in [-0.05, 0) is 45.1 Å². The lowest BCUT2D eigenvalue weighted by Crippen LogP contribution is -2.51. The number of halogens is 2. The largest absolute Gasteiger partial charge is 0.337 e. The van der Waals surface area contributed by atoms with E-state index in [0.29, 0.717) is 21.7 Å². The summed E-state index contributed by atoms with van der Waals surface area (Å²) in [6.07, 6.45) is 4.59. The molecule has 0 spiro atoms. The van der Waals surface area contributed by atoms with Crippen LogP contribution in [0.2, 0.25) is 10.0 Å². The van der Waals surface area contributed by atoms with E-state index in [9.17, 15) is 4.79 Å². The molecule has 0 heterocycles. The van der Waals surface area contributed by atoms with E-state index in [2.05, 4.69) is 19.0 Å². The zero-order valence-electron chi connectivity index (χ0n) is 12.8. The Balaban J connectivity index is 2.18. The molecule has 0 saturated heterocycles. The molecule has 0 N–H and O–H groups in total. The predicted molar refractivity (Wildman–Crippen MR) is 88.3 cm³/mol. The van der Waals surface area contributed by atoms with E-state index in [1.807, 2.05) is 11.9 Å². The summed E-state index contributed by atoms with van der Waals surface area (Å²) in [5, 5.41) is 0.892. The number of hydrogen-bond acceptors (Lipinski definition) is 2. The van der Waals surface area contributed by atoms with Crippen LogP contribution < -0.4 is 0 Å². The Bertz CT molecular complexity index is 519. The van der Waals surface area contributed by atoms with Crippen LogP contribution in [0.5, 0.6) is 0 Å². The number of nitrogens with zero attached hydrogens (tertiary/aromatic N) is 2. The van der Waals surface area contributed by atoms with Gasteiger partial charge in [0, 0.05) is 24.7 Å². The summed E-state index contributed by atoms with van der Waals surface area (Å²) in [4.78, 5) is 16.8. The number of likely N-dealkylation sites (N-methyl/N-ethyl adjacent to an activating group) is 2. The van der Waals surface area contributed by atoms with Crippen LogP contribution in [0.15, 0.2) is 18.2 Å². The van der Waals surface area contributed by atoms with Crippen LogP contribution in [0.25, 0.3) is 0 Å². The highest BCUT2D eigenvalue weighted by molar-refractivity contribution is 6.42. The molecule has 1 fully saturated rings. The van der Waals surface area contributed by atoms with Crippen molar-refractivity contribution in [3.05, 3.63) is 33.8 Å². The Hall–Kier alpha value is -0.770. The van der Waals surface area contributed by atoms with Gasteiger partial charge in [0.15, 0.2) is 0 Å². The van der Waals surface area contributed by atoms with E-state index < -0.39 is 0 Å². The molecule has 5 heteroatoms. The fourth-order valence-electron chi connectivity index (χ4n) is 3.13. The molecule has 1 saturated carbocycles. The molecule has 2 atom stereocenters. The Morgan fingerprint density at radius 1 is 1.05 bits per heavy atom. The molecule has 1 amide bonds. The van der Waals surface area contributed by atoms with Gasteiger partial charge in [0.1, 0.15) is 0 Å². The second-order valence-electron chi connectivity index (χ2n) is 5.93. The molecule has 1 aromatic carbocycles. The number of rotatable bonds is 3. The Morgan fingerprint density at radius 3 is 2.24 bits per heavy atom. The van der Waals surface area contributed by atoms with Crippen LogP contribution in [0.4, 0.5) is 0 Å². The molecule has 2 rings (SSSR count). The third-order valence-corrected chi connectivity index (χ3v) is 5.08. The molecule has 0 bridgehead atoms. The lowest BCUT2D eigenvalue weighted by molar-refractivity contribution is 0.0544. The molecule has 116 valence electrons. The van der Waals surface area contributed by atoms with Crippen molar-refractivity contribution in [2.45, 2.75) is 37.8 Å². The molecule has 1 aromatic rings. The highest BCUT2D eigenvalue weighted by atomic mass is 35.5. The normalized spacial score (nSPS) is 22.4. The summed E-state index contributed by atoms with van der Waals surface area (Å²) in [5.74, 6) is 0.00677. The maximum Gasteiger partial charge on any atom is 0.253 e. The van der Waals surface area contributed by atoms with Crippen molar-refractivity contribution >= 4 is 29.1 Å². The highest BCUT2D eigenvalue weighted by Crippen LogP contribution is 2.28. The van der Waals surface area contributed by atoms with Gasteiger partial charge in [0.05, 0.1) is 10.0 Å². The first-order chi connectivity index (χ1) is 9.91. The fraction of sp³-hybridized carbons (Fsp3) is 0.562. The number of benzene rings is 1. The van der Waals surface area contributed by atoms with Gasteiger partial charge >= 0.3 is 0 Å². The molecule has 0 aromatic heterocycles. The Kier molecular flexibility index (Phi) is 5.53. The van der Waals surface area contributed by atoms with Crippen LogP contribution in [0, 0.1) is 0 Å². The molecule has 1 aliphatic carbocycles. The van der Waals surface area contributed by atoms with Crippen molar-refractivity contribution in [2.75, 3.05) is 21.1 Å². The molecule has 0 radical (unpaired) electrons. The zero-order valence-corrected chi connectivity index (χ0v) is 14.3. The van der Waals surface area contributed by atoms with Crippen molar-refractivity contribution in [3.63, 3.8) is 0 Å². The van der Waals surface area contributed by atoms with Crippen LogP contribution in [-0.2, 0) is 0 Å². The van der Waals surface area contributed by atoms with Crippen molar-refractivity contribution in [1.82, 2.24) is 9.80 Å². The second kappa shape index (κ2) is 6.99. The lowest BCUT2D eigenvalue weighted by Gasteiger charge is -2.41. The maximum atomic E-state index is 12.7. The SMILES string of the molecule is CN(C(=O)c1ccc(Cl)c(Cl)c1)C1CCCC[C@H]1N(C)C. The number of carbonyl (C=O) groups is 1. The summed E-state index contributed by atoms with van der Waals surface area (Å²) < 4.78 is 0. The highest BCUT2D eigenvalue weighted by Gasteiger charge is 2.32. The van der Waals surface area contributed by atoms with Gasteiger partial charge in [0.25, 0.3) is 5.91 Å². The molecular weight excluding hydrogens is 307 g/mol. The molecule has 0 aliphatic heterocycles. The molecule has 1 aliphatic rings. The number of carbonyl (C=O) groups excluding carboxylic acids is 1. The summed E-state index contributed by atoms with van der Waals surface area (Å²) in [6, 6.07) is 5.72. The topological polar surface area (TPSA) is 23.6 Å². The van der Waals surface area contributed by atoms with E-state index >= 15 is 0 Å². The smallest absolute Gasteiger partial charge is 0.253 e. The van der Waals surface area contributed by atoms with Gasteiger partial charge in [-0.2, -0.15) is 0 Å². The van der Waals surface area contributed by atoms with Gasteiger partial charge in [-0.3, -0.25) is 4.79 Å². The third kappa shape index (κ3) is 3.71. The lowest BCUT2D eigenvalue weighted by atomic mass is 9.88.